The van der Waals surface area contributed by atoms with Crippen molar-refractivity contribution in [1.29, 1.82) is 0 Å². The number of amides is 1. The molecule has 4 rings (SSSR count). The molecule has 1 saturated carbocycles. The molecule has 1 N–H and O–H groups in total. The summed E-state index contributed by atoms with van der Waals surface area (Å²) >= 11 is 0. The van der Waals surface area contributed by atoms with Crippen molar-refractivity contribution in [2.75, 3.05) is 0 Å². The number of hydrogen-bond donors (Lipinski definition) is 1. The first-order valence-electron chi connectivity index (χ1n) is 10.4. The van der Waals surface area contributed by atoms with E-state index < -0.39 is 0 Å². The van der Waals surface area contributed by atoms with Crippen LogP contribution in [-0.2, 0) is 17.8 Å². The highest BCUT2D eigenvalue weighted by Gasteiger charge is 2.17. The zero-order chi connectivity index (χ0) is 19.2. The van der Waals surface area contributed by atoms with Gasteiger partial charge in [0.2, 0.25) is 5.91 Å². The number of aromatic nitrogens is 3. The summed E-state index contributed by atoms with van der Waals surface area (Å²) in [6.45, 7) is 0.716. The van der Waals surface area contributed by atoms with Gasteiger partial charge < -0.3 is 9.88 Å². The summed E-state index contributed by atoms with van der Waals surface area (Å²) in [4.78, 5) is 21.8. The number of imidazole rings is 1. The van der Waals surface area contributed by atoms with Crippen LogP contribution in [0.1, 0.15) is 56.3 Å². The molecule has 0 aliphatic heterocycles. The number of carbonyl (C=O) groups excluding carboxylic acids is 1. The van der Waals surface area contributed by atoms with Crippen LogP contribution >= 0.6 is 0 Å². The van der Waals surface area contributed by atoms with Crippen LogP contribution in [0.5, 0.6) is 0 Å². The number of nitrogens with zero attached hydrogens (tertiary/aromatic N) is 3. The van der Waals surface area contributed by atoms with Gasteiger partial charge in [-0.3, -0.25) is 4.79 Å². The fourth-order valence-corrected chi connectivity index (χ4v) is 4.08. The number of aryl methyl sites for hydroxylation is 1. The minimum atomic E-state index is 0.137. The standard InChI is InChI=1S/C23H28N4O/c28-22(25-19-11-6-1-2-7-12-19)15-14-21-26-20-13-8-16-24-23(20)27(21)17-18-9-4-3-5-10-18/h3-5,8-10,13,16,19H,1-2,6-7,11-12,14-15,17H2,(H,25,28). The first-order valence-corrected chi connectivity index (χ1v) is 10.4. The number of carbonyl (C=O) groups is 1. The molecule has 0 unspecified atom stereocenters. The maximum atomic E-state index is 12.5. The Balaban J connectivity index is 1.46. The van der Waals surface area contributed by atoms with Gasteiger partial charge in [-0.25, -0.2) is 9.97 Å². The van der Waals surface area contributed by atoms with Crippen molar-refractivity contribution in [1.82, 2.24) is 19.9 Å². The molecule has 5 nitrogen and oxygen atoms in total. The largest absolute Gasteiger partial charge is 0.353 e. The van der Waals surface area contributed by atoms with Crippen LogP contribution in [0.4, 0.5) is 0 Å². The molecule has 1 amide bonds. The molecule has 5 heteroatoms. The van der Waals surface area contributed by atoms with E-state index in [9.17, 15) is 4.79 Å². The molecule has 0 bridgehead atoms. The van der Waals surface area contributed by atoms with E-state index in [0.717, 1.165) is 29.8 Å². The third-order valence-electron chi connectivity index (χ3n) is 5.56. The second-order valence-electron chi connectivity index (χ2n) is 7.70. The molecule has 1 fully saturated rings. The van der Waals surface area contributed by atoms with E-state index >= 15 is 0 Å². The van der Waals surface area contributed by atoms with Crippen LogP contribution in [0, 0.1) is 0 Å². The lowest BCUT2D eigenvalue weighted by Crippen LogP contribution is -2.34. The highest BCUT2D eigenvalue weighted by atomic mass is 16.1. The molecule has 0 radical (unpaired) electrons. The van der Waals surface area contributed by atoms with E-state index in [1.54, 1.807) is 6.20 Å². The number of benzene rings is 1. The Bertz CT molecular complexity index is 911. The molecule has 0 spiro atoms. The summed E-state index contributed by atoms with van der Waals surface area (Å²) in [5.74, 6) is 1.06. The van der Waals surface area contributed by atoms with Crippen LogP contribution in [0.15, 0.2) is 48.7 Å². The Hall–Kier alpha value is -2.69. The van der Waals surface area contributed by atoms with E-state index in [4.69, 9.17) is 4.98 Å². The van der Waals surface area contributed by atoms with E-state index in [2.05, 4.69) is 27.0 Å². The Labute approximate surface area is 166 Å². The lowest BCUT2D eigenvalue weighted by Gasteiger charge is -2.16. The zero-order valence-corrected chi connectivity index (χ0v) is 16.3. The Morgan fingerprint density at radius 2 is 1.82 bits per heavy atom. The molecule has 2 aromatic heterocycles. The van der Waals surface area contributed by atoms with Gasteiger partial charge >= 0.3 is 0 Å². The van der Waals surface area contributed by atoms with Gasteiger partial charge in [0.25, 0.3) is 0 Å². The van der Waals surface area contributed by atoms with Gasteiger partial charge in [-0.05, 0) is 30.5 Å². The molecular formula is C23H28N4O. The van der Waals surface area contributed by atoms with E-state index in [1.165, 1.54) is 31.2 Å². The maximum absolute atomic E-state index is 12.5. The number of hydrogen-bond acceptors (Lipinski definition) is 3. The average molecular weight is 377 g/mol. The zero-order valence-electron chi connectivity index (χ0n) is 16.3. The summed E-state index contributed by atoms with van der Waals surface area (Å²) in [6.07, 6.45) is 10.2. The Morgan fingerprint density at radius 3 is 2.61 bits per heavy atom. The second kappa shape index (κ2) is 9.00. The van der Waals surface area contributed by atoms with Gasteiger partial charge in [0.15, 0.2) is 5.65 Å². The van der Waals surface area contributed by atoms with Crippen molar-refractivity contribution in [2.45, 2.75) is 64.0 Å². The van der Waals surface area contributed by atoms with Crippen LogP contribution < -0.4 is 5.32 Å². The van der Waals surface area contributed by atoms with Crippen LogP contribution in [-0.4, -0.2) is 26.5 Å². The van der Waals surface area contributed by atoms with Crippen molar-refractivity contribution in [3.63, 3.8) is 0 Å². The first-order chi connectivity index (χ1) is 13.8. The minimum Gasteiger partial charge on any atom is -0.353 e. The third kappa shape index (κ3) is 4.58. The number of nitrogens with one attached hydrogen (secondary N) is 1. The van der Waals surface area contributed by atoms with Crippen molar-refractivity contribution < 1.29 is 4.79 Å². The maximum Gasteiger partial charge on any atom is 0.220 e. The first kappa shape index (κ1) is 18.7. The number of rotatable bonds is 6. The summed E-state index contributed by atoms with van der Waals surface area (Å²) < 4.78 is 2.14. The van der Waals surface area contributed by atoms with Crippen molar-refractivity contribution in [2.24, 2.45) is 0 Å². The summed E-state index contributed by atoms with van der Waals surface area (Å²) in [5.41, 5.74) is 2.97. The lowest BCUT2D eigenvalue weighted by molar-refractivity contribution is -0.121. The molecule has 0 saturated heterocycles. The predicted octanol–water partition coefficient (Wildman–Crippen LogP) is 4.25. The molecule has 0 atom stereocenters. The van der Waals surface area contributed by atoms with Crippen molar-refractivity contribution >= 4 is 17.1 Å². The predicted molar refractivity (Wildman–Crippen MR) is 111 cm³/mol. The quantitative estimate of drug-likeness (QED) is 0.654. The van der Waals surface area contributed by atoms with E-state index in [0.29, 0.717) is 25.4 Å². The van der Waals surface area contributed by atoms with Crippen LogP contribution in [0.25, 0.3) is 11.2 Å². The van der Waals surface area contributed by atoms with Gasteiger partial charge in [-0.15, -0.1) is 0 Å². The SMILES string of the molecule is O=C(CCc1nc2cccnc2n1Cc1ccccc1)NC1CCCCCC1. The van der Waals surface area contributed by atoms with E-state index in [1.807, 2.05) is 30.3 Å². The molecule has 1 aliphatic rings. The molecular weight excluding hydrogens is 348 g/mol. The minimum absolute atomic E-state index is 0.137. The Morgan fingerprint density at radius 1 is 1.04 bits per heavy atom. The van der Waals surface area contributed by atoms with Gasteiger partial charge in [-0.1, -0.05) is 56.0 Å². The Kier molecular flexibility index (Phi) is 6.00. The number of fused-ring (bicyclic) bond motifs is 1. The van der Waals surface area contributed by atoms with Crippen LogP contribution in [0.2, 0.25) is 0 Å². The van der Waals surface area contributed by atoms with E-state index in [-0.39, 0.29) is 5.91 Å². The van der Waals surface area contributed by atoms with Gasteiger partial charge in [0, 0.05) is 25.1 Å². The molecule has 146 valence electrons. The summed E-state index contributed by atoms with van der Waals surface area (Å²) in [7, 11) is 0. The average Bonchev–Trinajstić information content (AvgIpc) is 2.88. The van der Waals surface area contributed by atoms with Gasteiger partial charge in [0.05, 0.1) is 6.54 Å². The fourth-order valence-electron chi connectivity index (χ4n) is 4.08. The normalized spacial score (nSPS) is 15.4. The third-order valence-corrected chi connectivity index (χ3v) is 5.56. The summed E-state index contributed by atoms with van der Waals surface area (Å²) in [6, 6.07) is 14.6. The van der Waals surface area contributed by atoms with Gasteiger partial charge in [0.1, 0.15) is 11.3 Å². The molecule has 1 aliphatic carbocycles. The lowest BCUT2D eigenvalue weighted by atomic mass is 10.1. The van der Waals surface area contributed by atoms with Gasteiger partial charge in [-0.2, -0.15) is 0 Å². The molecule has 1 aromatic carbocycles. The topological polar surface area (TPSA) is 59.8 Å². The monoisotopic (exact) mass is 376 g/mol. The summed E-state index contributed by atoms with van der Waals surface area (Å²) in [5, 5.41) is 3.24. The van der Waals surface area contributed by atoms with Crippen molar-refractivity contribution in [3.8, 4) is 0 Å². The molecule has 2 heterocycles. The molecule has 28 heavy (non-hydrogen) atoms. The van der Waals surface area contributed by atoms with Crippen LogP contribution in [0.3, 0.4) is 0 Å². The second-order valence-corrected chi connectivity index (χ2v) is 7.70. The fraction of sp³-hybridized carbons (Fsp3) is 0.435. The molecule has 3 aromatic rings. The highest BCUT2D eigenvalue weighted by Crippen LogP contribution is 2.19. The number of pyridine rings is 1. The van der Waals surface area contributed by atoms with Crippen molar-refractivity contribution in [3.05, 3.63) is 60.0 Å². The highest BCUT2D eigenvalue weighted by molar-refractivity contribution is 5.77. The smallest absolute Gasteiger partial charge is 0.220 e.